The van der Waals surface area contributed by atoms with Gasteiger partial charge in [-0.3, -0.25) is 13.9 Å². The second-order valence-electron chi connectivity index (χ2n) is 8.84. The van der Waals surface area contributed by atoms with E-state index in [1.165, 1.54) is 24.1 Å². The van der Waals surface area contributed by atoms with E-state index in [1.54, 1.807) is 50.2 Å². The van der Waals surface area contributed by atoms with Crippen LogP contribution in [0.15, 0.2) is 77.7 Å². The molecule has 3 aromatic rings. The predicted octanol–water partition coefficient (Wildman–Crippen LogP) is 3.98. The van der Waals surface area contributed by atoms with Gasteiger partial charge in [-0.15, -0.1) is 0 Å². The van der Waals surface area contributed by atoms with Gasteiger partial charge in [0.2, 0.25) is 11.8 Å². The highest BCUT2D eigenvalue weighted by Crippen LogP contribution is 2.27. The quantitative estimate of drug-likeness (QED) is 0.333. The smallest absolute Gasteiger partial charge is 0.264 e. The second-order valence-corrected chi connectivity index (χ2v) is 10.7. The molecule has 2 amide bonds. The largest absolute Gasteiger partial charge is 0.497 e. The molecule has 3 aromatic carbocycles. The Hall–Kier alpha value is -4.12. The number of carbonyl (C=O) groups excluding carboxylic acids is 2. The summed E-state index contributed by atoms with van der Waals surface area (Å²) < 4.78 is 52.8. The van der Waals surface area contributed by atoms with Gasteiger partial charge in [0.25, 0.3) is 10.0 Å². The fraction of sp³-hybridized carbons (Fsp3) is 0.310. The number of nitrogens with one attached hydrogen (secondary N) is 1. The first-order chi connectivity index (χ1) is 19.1. The molecular weight excluding hydrogens is 537 g/mol. The molecule has 0 spiro atoms. The molecule has 1 unspecified atom stereocenters. The van der Waals surface area contributed by atoms with Crippen LogP contribution in [-0.4, -0.2) is 58.0 Å². The third-order valence-corrected chi connectivity index (χ3v) is 7.91. The van der Waals surface area contributed by atoms with E-state index in [0.717, 1.165) is 28.6 Å². The van der Waals surface area contributed by atoms with Crippen LogP contribution in [0.4, 0.5) is 10.1 Å². The minimum atomic E-state index is -4.31. The second kappa shape index (κ2) is 13.8. The van der Waals surface area contributed by atoms with Crippen molar-refractivity contribution in [2.75, 3.05) is 31.1 Å². The maximum absolute atomic E-state index is 13.9. The highest BCUT2D eigenvalue weighted by atomic mass is 32.2. The average molecular weight is 572 g/mol. The van der Waals surface area contributed by atoms with Crippen LogP contribution in [0.5, 0.6) is 11.5 Å². The van der Waals surface area contributed by atoms with Gasteiger partial charge in [0, 0.05) is 13.1 Å². The van der Waals surface area contributed by atoms with Gasteiger partial charge in [-0.1, -0.05) is 12.1 Å². The first-order valence-corrected chi connectivity index (χ1v) is 14.3. The normalized spacial score (nSPS) is 11.8. The van der Waals surface area contributed by atoms with Crippen LogP contribution in [0.1, 0.15) is 26.3 Å². The van der Waals surface area contributed by atoms with Crippen LogP contribution in [0.2, 0.25) is 0 Å². The standard InChI is InChI=1S/C29H34FN3O6S/c1-5-31-29(35)21(3)32(19-22-8-7-9-26(18-22)38-4)28(34)20-33(24-12-14-25(15-13-24)39-6-2)40(36,37)27-16-10-23(30)11-17-27/h7-18,21H,5-6,19-20H2,1-4H3,(H,31,35). The fourth-order valence-electron chi connectivity index (χ4n) is 4.01. The Balaban J connectivity index is 2.03. The number of hydrogen-bond acceptors (Lipinski definition) is 6. The highest BCUT2D eigenvalue weighted by molar-refractivity contribution is 7.92. The molecular formula is C29H34FN3O6S. The van der Waals surface area contributed by atoms with Crippen molar-refractivity contribution in [2.24, 2.45) is 0 Å². The van der Waals surface area contributed by atoms with Crippen LogP contribution in [0.25, 0.3) is 0 Å². The number of rotatable bonds is 13. The van der Waals surface area contributed by atoms with Crippen LogP contribution in [-0.2, 0) is 26.2 Å². The zero-order chi connectivity index (χ0) is 29.3. The number of halogens is 1. The maximum Gasteiger partial charge on any atom is 0.264 e. The number of methoxy groups -OCH3 is 1. The van der Waals surface area contributed by atoms with E-state index >= 15 is 0 Å². The number of ether oxygens (including phenoxy) is 2. The molecule has 1 atom stereocenters. The molecule has 0 aliphatic rings. The third kappa shape index (κ3) is 7.50. The van der Waals surface area contributed by atoms with Gasteiger partial charge in [-0.05, 0) is 87.0 Å². The third-order valence-electron chi connectivity index (χ3n) is 6.12. The van der Waals surface area contributed by atoms with Crippen molar-refractivity contribution in [1.82, 2.24) is 10.2 Å². The van der Waals surface area contributed by atoms with Crippen molar-refractivity contribution in [2.45, 2.75) is 38.3 Å². The molecule has 11 heteroatoms. The predicted molar refractivity (Wildman–Crippen MR) is 150 cm³/mol. The zero-order valence-corrected chi connectivity index (χ0v) is 23.8. The molecule has 214 valence electrons. The zero-order valence-electron chi connectivity index (χ0n) is 23.0. The number of likely N-dealkylation sites (N-methyl/N-ethyl adjacent to an activating group) is 1. The molecule has 0 radical (unpaired) electrons. The van der Waals surface area contributed by atoms with Gasteiger partial charge >= 0.3 is 0 Å². The number of sulfonamides is 1. The van der Waals surface area contributed by atoms with E-state index in [2.05, 4.69) is 5.32 Å². The first kappa shape index (κ1) is 30.4. The Bertz CT molecular complexity index is 1400. The van der Waals surface area contributed by atoms with Gasteiger partial charge in [-0.25, -0.2) is 12.8 Å². The summed E-state index contributed by atoms with van der Waals surface area (Å²) in [4.78, 5) is 27.8. The number of carbonyl (C=O) groups is 2. The van der Waals surface area contributed by atoms with Crippen molar-refractivity contribution in [3.8, 4) is 11.5 Å². The minimum Gasteiger partial charge on any atom is -0.497 e. The topological polar surface area (TPSA) is 105 Å². The number of amides is 2. The lowest BCUT2D eigenvalue weighted by molar-refractivity contribution is -0.139. The summed E-state index contributed by atoms with van der Waals surface area (Å²) in [6, 6.07) is 16.7. The Kier molecular flexibility index (Phi) is 10.5. The average Bonchev–Trinajstić information content (AvgIpc) is 2.95. The number of anilines is 1. The van der Waals surface area contributed by atoms with Crippen LogP contribution in [0.3, 0.4) is 0 Å². The summed E-state index contributed by atoms with van der Waals surface area (Å²) >= 11 is 0. The molecule has 1 N–H and O–H groups in total. The van der Waals surface area contributed by atoms with Gasteiger partial charge < -0.3 is 19.7 Å². The summed E-state index contributed by atoms with van der Waals surface area (Å²) in [6.07, 6.45) is 0. The lowest BCUT2D eigenvalue weighted by Crippen LogP contribution is -2.51. The molecule has 0 aliphatic carbocycles. The highest BCUT2D eigenvalue weighted by Gasteiger charge is 2.32. The van der Waals surface area contributed by atoms with Crippen molar-refractivity contribution in [3.63, 3.8) is 0 Å². The van der Waals surface area contributed by atoms with Gasteiger partial charge in [0.1, 0.15) is 29.9 Å². The first-order valence-electron chi connectivity index (χ1n) is 12.8. The van der Waals surface area contributed by atoms with Crippen molar-refractivity contribution in [3.05, 3.63) is 84.2 Å². The lowest BCUT2D eigenvalue weighted by Gasteiger charge is -2.32. The lowest BCUT2D eigenvalue weighted by atomic mass is 10.1. The Morgan fingerprint density at radius 2 is 1.65 bits per heavy atom. The van der Waals surface area contributed by atoms with Crippen molar-refractivity contribution in [1.29, 1.82) is 0 Å². The van der Waals surface area contributed by atoms with Crippen LogP contribution < -0.4 is 19.1 Å². The molecule has 0 bridgehead atoms. The van der Waals surface area contributed by atoms with Gasteiger partial charge in [0.05, 0.1) is 24.3 Å². The minimum absolute atomic E-state index is 0.0298. The summed E-state index contributed by atoms with van der Waals surface area (Å²) in [7, 11) is -2.78. The van der Waals surface area contributed by atoms with E-state index in [-0.39, 0.29) is 23.0 Å². The molecule has 40 heavy (non-hydrogen) atoms. The number of nitrogens with zero attached hydrogens (tertiary/aromatic N) is 2. The molecule has 0 fully saturated rings. The van der Waals surface area contributed by atoms with Crippen molar-refractivity contribution >= 4 is 27.5 Å². The Morgan fingerprint density at radius 3 is 2.25 bits per heavy atom. The van der Waals surface area contributed by atoms with Crippen LogP contribution >= 0.6 is 0 Å². The SMILES string of the molecule is CCNC(=O)C(C)N(Cc1cccc(OC)c1)C(=O)CN(c1ccc(OCC)cc1)S(=O)(=O)c1ccc(F)cc1. The Labute approximate surface area is 234 Å². The van der Waals surface area contributed by atoms with Crippen molar-refractivity contribution < 1.29 is 31.9 Å². The van der Waals surface area contributed by atoms with E-state index in [4.69, 9.17) is 9.47 Å². The van der Waals surface area contributed by atoms with E-state index in [9.17, 15) is 22.4 Å². The van der Waals surface area contributed by atoms with E-state index in [0.29, 0.717) is 30.2 Å². The summed E-state index contributed by atoms with van der Waals surface area (Å²) in [5, 5.41) is 2.71. The fourth-order valence-corrected chi connectivity index (χ4v) is 5.42. The molecule has 0 heterocycles. The maximum atomic E-state index is 13.9. The molecule has 0 saturated carbocycles. The number of hydrogen-bond donors (Lipinski definition) is 1. The van der Waals surface area contributed by atoms with E-state index < -0.39 is 34.3 Å². The molecule has 3 rings (SSSR count). The summed E-state index contributed by atoms with van der Waals surface area (Å²) in [5.41, 5.74) is 0.894. The van der Waals surface area contributed by atoms with Gasteiger partial charge in [-0.2, -0.15) is 0 Å². The summed E-state index contributed by atoms with van der Waals surface area (Å²) in [5.74, 6) is -0.483. The van der Waals surface area contributed by atoms with E-state index in [1.807, 2.05) is 6.92 Å². The molecule has 0 aliphatic heterocycles. The molecule has 0 saturated heterocycles. The molecule has 0 aromatic heterocycles. The summed E-state index contributed by atoms with van der Waals surface area (Å²) in [6.45, 7) is 5.38. The molecule has 9 nitrogen and oxygen atoms in total. The van der Waals surface area contributed by atoms with Crippen LogP contribution in [0, 0.1) is 5.82 Å². The number of benzene rings is 3. The monoisotopic (exact) mass is 571 g/mol. The Morgan fingerprint density at radius 1 is 0.975 bits per heavy atom. The van der Waals surface area contributed by atoms with Gasteiger partial charge in [0.15, 0.2) is 0 Å².